The van der Waals surface area contributed by atoms with Gasteiger partial charge in [0.25, 0.3) is 0 Å². The maximum Gasteiger partial charge on any atom is 0.221 e. The average Bonchev–Trinajstić information content (AvgIpc) is 2.35. The van der Waals surface area contributed by atoms with Crippen molar-refractivity contribution in [3.05, 3.63) is 18.2 Å². The smallest absolute Gasteiger partial charge is 0.221 e. The summed E-state index contributed by atoms with van der Waals surface area (Å²) >= 11 is 0. The van der Waals surface area contributed by atoms with Gasteiger partial charge in [-0.15, -0.1) is 0 Å². The molecule has 18 heavy (non-hydrogen) atoms. The van der Waals surface area contributed by atoms with Crippen LogP contribution in [-0.4, -0.2) is 19.6 Å². The van der Waals surface area contributed by atoms with Gasteiger partial charge in [0.1, 0.15) is 5.75 Å². The van der Waals surface area contributed by atoms with Gasteiger partial charge in [0.05, 0.1) is 12.8 Å². The molecular formula is C14H22N2O2. The van der Waals surface area contributed by atoms with Crippen LogP contribution in [-0.2, 0) is 4.79 Å². The van der Waals surface area contributed by atoms with E-state index in [1.165, 1.54) is 6.92 Å². The summed E-state index contributed by atoms with van der Waals surface area (Å²) in [6.45, 7) is 6.74. The second-order valence-corrected chi connectivity index (χ2v) is 4.49. The van der Waals surface area contributed by atoms with E-state index in [0.29, 0.717) is 5.92 Å². The zero-order valence-corrected chi connectivity index (χ0v) is 11.5. The summed E-state index contributed by atoms with van der Waals surface area (Å²) in [6, 6.07) is 5.57. The molecule has 4 nitrogen and oxygen atoms in total. The maximum atomic E-state index is 11.0. The number of amides is 1. The molecule has 0 saturated heterocycles. The highest BCUT2D eigenvalue weighted by molar-refractivity contribution is 5.89. The van der Waals surface area contributed by atoms with Crippen LogP contribution in [0.1, 0.15) is 27.2 Å². The highest BCUT2D eigenvalue weighted by Crippen LogP contribution is 2.28. The fourth-order valence-electron chi connectivity index (χ4n) is 1.56. The molecule has 0 aromatic heterocycles. The largest absolute Gasteiger partial charge is 0.495 e. The Balaban J connectivity index is 2.81. The molecule has 100 valence electrons. The Kier molecular flexibility index (Phi) is 5.49. The lowest BCUT2D eigenvalue weighted by atomic mass is 10.1. The van der Waals surface area contributed by atoms with Gasteiger partial charge in [0.15, 0.2) is 0 Å². The summed E-state index contributed by atoms with van der Waals surface area (Å²) in [5, 5.41) is 6.12. The maximum absolute atomic E-state index is 11.0. The number of methoxy groups -OCH3 is 1. The quantitative estimate of drug-likeness (QED) is 0.815. The third-order valence-electron chi connectivity index (χ3n) is 2.86. The Morgan fingerprint density at radius 3 is 2.72 bits per heavy atom. The molecule has 0 bridgehead atoms. The predicted molar refractivity (Wildman–Crippen MR) is 75.2 cm³/mol. The van der Waals surface area contributed by atoms with Gasteiger partial charge in [-0.05, 0) is 24.1 Å². The number of anilines is 2. The van der Waals surface area contributed by atoms with Gasteiger partial charge in [-0.25, -0.2) is 0 Å². The average molecular weight is 250 g/mol. The van der Waals surface area contributed by atoms with Gasteiger partial charge in [-0.3, -0.25) is 4.79 Å². The molecule has 1 aromatic rings. The zero-order valence-electron chi connectivity index (χ0n) is 11.5. The lowest BCUT2D eigenvalue weighted by Gasteiger charge is -2.15. The molecule has 0 saturated carbocycles. The van der Waals surface area contributed by atoms with Crippen LogP contribution in [0.4, 0.5) is 11.4 Å². The first-order chi connectivity index (χ1) is 8.56. The summed E-state index contributed by atoms with van der Waals surface area (Å²) < 4.78 is 5.30. The van der Waals surface area contributed by atoms with Crippen LogP contribution in [0.25, 0.3) is 0 Å². The van der Waals surface area contributed by atoms with Crippen LogP contribution in [0.2, 0.25) is 0 Å². The van der Waals surface area contributed by atoms with Gasteiger partial charge >= 0.3 is 0 Å². The molecule has 1 unspecified atom stereocenters. The highest BCUT2D eigenvalue weighted by atomic mass is 16.5. The second kappa shape index (κ2) is 6.89. The van der Waals surface area contributed by atoms with E-state index in [-0.39, 0.29) is 5.91 Å². The number of hydrogen-bond acceptors (Lipinski definition) is 3. The summed E-state index contributed by atoms with van der Waals surface area (Å²) in [6.07, 6.45) is 1.13. The van der Waals surface area contributed by atoms with E-state index in [2.05, 4.69) is 24.5 Å². The number of nitrogens with one attached hydrogen (secondary N) is 2. The summed E-state index contributed by atoms with van der Waals surface area (Å²) in [7, 11) is 1.64. The number of benzene rings is 1. The highest BCUT2D eigenvalue weighted by Gasteiger charge is 2.06. The monoisotopic (exact) mass is 250 g/mol. The lowest BCUT2D eigenvalue weighted by molar-refractivity contribution is -0.114. The van der Waals surface area contributed by atoms with Crippen LogP contribution in [0.15, 0.2) is 18.2 Å². The topological polar surface area (TPSA) is 50.4 Å². The fourth-order valence-corrected chi connectivity index (χ4v) is 1.56. The van der Waals surface area contributed by atoms with Crippen molar-refractivity contribution in [2.24, 2.45) is 5.92 Å². The van der Waals surface area contributed by atoms with Gasteiger partial charge in [-0.1, -0.05) is 20.3 Å². The van der Waals surface area contributed by atoms with Crippen molar-refractivity contribution in [3.8, 4) is 5.75 Å². The normalized spacial score (nSPS) is 11.8. The molecule has 0 aliphatic heterocycles. The number of hydrogen-bond donors (Lipinski definition) is 2. The first-order valence-electron chi connectivity index (χ1n) is 6.26. The number of carbonyl (C=O) groups is 1. The lowest BCUT2D eigenvalue weighted by Crippen LogP contribution is -2.12. The zero-order chi connectivity index (χ0) is 13.5. The summed E-state index contributed by atoms with van der Waals surface area (Å²) in [5.74, 6) is 1.31. The minimum absolute atomic E-state index is 0.0759. The molecule has 4 heteroatoms. The van der Waals surface area contributed by atoms with E-state index in [9.17, 15) is 4.79 Å². The van der Waals surface area contributed by atoms with Gasteiger partial charge < -0.3 is 15.4 Å². The molecule has 1 amide bonds. The third-order valence-corrected chi connectivity index (χ3v) is 2.86. The summed E-state index contributed by atoms with van der Waals surface area (Å²) in [5.41, 5.74) is 1.68. The van der Waals surface area contributed by atoms with Crippen LogP contribution in [0.3, 0.4) is 0 Å². The Morgan fingerprint density at radius 1 is 1.44 bits per heavy atom. The van der Waals surface area contributed by atoms with Gasteiger partial charge in [-0.2, -0.15) is 0 Å². The van der Waals surface area contributed by atoms with Crippen LogP contribution in [0, 0.1) is 5.92 Å². The van der Waals surface area contributed by atoms with Crippen molar-refractivity contribution in [2.45, 2.75) is 27.2 Å². The van der Waals surface area contributed by atoms with Gasteiger partial charge in [0, 0.05) is 19.2 Å². The van der Waals surface area contributed by atoms with E-state index in [0.717, 1.165) is 30.1 Å². The molecule has 2 N–H and O–H groups in total. The second-order valence-electron chi connectivity index (χ2n) is 4.49. The van der Waals surface area contributed by atoms with Crippen LogP contribution < -0.4 is 15.4 Å². The Bertz CT molecular complexity index is 405. The van der Waals surface area contributed by atoms with E-state index in [1.54, 1.807) is 7.11 Å². The first-order valence-corrected chi connectivity index (χ1v) is 6.26. The molecular weight excluding hydrogens is 228 g/mol. The molecule has 0 fully saturated rings. The first kappa shape index (κ1) is 14.4. The molecule has 1 rings (SSSR count). The van der Waals surface area contributed by atoms with Crippen LogP contribution in [0.5, 0.6) is 5.75 Å². The van der Waals surface area contributed by atoms with Crippen molar-refractivity contribution in [3.63, 3.8) is 0 Å². The van der Waals surface area contributed by atoms with Crippen molar-refractivity contribution >= 4 is 17.3 Å². The third kappa shape index (κ3) is 4.28. The van der Waals surface area contributed by atoms with E-state index < -0.39 is 0 Å². The Labute approximate surface area is 109 Å². The predicted octanol–water partition coefficient (Wildman–Crippen LogP) is 3.11. The minimum Gasteiger partial charge on any atom is -0.495 e. The molecule has 1 aromatic carbocycles. The molecule has 0 aliphatic rings. The summed E-state index contributed by atoms with van der Waals surface area (Å²) in [4.78, 5) is 11.0. The standard InChI is InChI=1S/C14H22N2O2/c1-5-10(2)9-15-13-8-12(16-11(3)17)6-7-14(13)18-4/h6-8,10,15H,5,9H2,1-4H3,(H,16,17). The SMILES string of the molecule is CCC(C)CNc1cc(NC(C)=O)ccc1OC. The molecule has 0 radical (unpaired) electrons. The van der Waals surface area contributed by atoms with Crippen LogP contribution >= 0.6 is 0 Å². The van der Waals surface area contributed by atoms with E-state index >= 15 is 0 Å². The molecule has 1 atom stereocenters. The van der Waals surface area contributed by atoms with Crippen molar-refractivity contribution in [1.82, 2.24) is 0 Å². The number of carbonyl (C=O) groups excluding carboxylic acids is 1. The molecule has 0 aliphatic carbocycles. The number of ether oxygens (including phenoxy) is 1. The van der Waals surface area contributed by atoms with Gasteiger partial charge in [0.2, 0.25) is 5.91 Å². The minimum atomic E-state index is -0.0759. The number of rotatable bonds is 6. The van der Waals surface area contributed by atoms with E-state index in [4.69, 9.17) is 4.74 Å². The molecule has 0 heterocycles. The van der Waals surface area contributed by atoms with E-state index in [1.807, 2.05) is 18.2 Å². The van der Waals surface area contributed by atoms with Crippen molar-refractivity contribution < 1.29 is 9.53 Å². The Hall–Kier alpha value is -1.71. The van der Waals surface area contributed by atoms with Crippen molar-refractivity contribution in [1.29, 1.82) is 0 Å². The van der Waals surface area contributed by atoms with Crippen molar-refractivity contribution in [2.75, 3.05) is 24.3 Å². The Morgan fingerprint density at radius 2 is 2.17 bits per heavy atom. The fraction of sp³-hybridized carbons (Fsp3) is 0.500. The molecule has 0 spiro atoms.